The number of alkyl halides is 6. The number of halogens is 6. The van der Waals surface area contributed by atoms with Crippen molar-refractivity contribution in [3.05, 3.63) is 23.3 Å². The highest BCUT2D eigenvalue weighted by molar-refractivity contribution is 5.36. The minimum atomic E-state index is -4.84. The molecule has 0 amide bonds. The number of rotatable bonds is 3. The van der Waals surface area contributed by atoms with Crippen LogP contribution in [0.15, 0.2) is 23.3 Å². The number of allylic oxidation sites excluding steroid dienone is 4. The van der Waals surface area contributed by atoms with Crippen LogP contribution in [0.25, 0.3) is 0 Å². The van der Waals surface area contributed by atoms with E-state index in [0.29, 0.717) is 6.08 Å². The van der Waals surface area contributed by atoms with E-state index in [-0.39, 0.29) is 18.1 Å². The Bertz CT molecular complexity index is 348. The Hall–Kier alpha value is -1.38. The van der Waals surface area contributed by atoms with Crippen LogP contribution in [0.4, 0.5) is 26.3 Å². The third-order valence-corrected chi connectivity index (χ3v) is 1.78. The maximum atomic E-state index is 12.4. The van der Waals surface area contributed by atoms with Crippen molar-refractivity contribution < 1.29 is 26.3 Å². The molecule has 0 unspecified atom stereocenters. The van der Waals surface area contributed by atoms with Crippen LogP contribution in [0.2, 0.25) is 0 Å². The van der Waals surface area contributed by atoms with Crippen LogP contribution in [0.3, 0.4) is 0 Å². The van der Waals surface area contributed by atoms with E-state index in [1.165, 1.54) is 6.92 Å². The molecular weight excluding hydrogens is 246 g/mol. The van der Waals surface area contributed by atoms with Crippen molar-refractivity contribution in [3.8, 4) is 12.3 Å². The first-order valence-electron chi connectivity index (χ1n) is 4.61. The summed E-state index contributed by atoms with van der Waals surface area (Å²) in [4.78, 5) is 0. The molecule has 0 bridgehead atoms. The molecule has 0 heterocycles. The normalized spacial score (nSPS) is 14.7. The topological polar surface area (TPSA) is 0 Å². The van der Waals surface area contributed by atoms with Gasteiger partial charge in [0.1, 0.15) is 0 Å². The fraction of sp³-hybridized carbons (Fsp3) is 0.455. The maximum Gasteiger partial charge on any atom is 0.416 e. The highest BCUT2D eigenvalue weighted by Crippen LogP contribution is 2.30. The highest BCUT2D eigenvalue weighted by Gasteiger charge is 2.34. The molecule has 96 valence electrons. The molecular formula is C11H10F6. The molecule has 6 heteroatoms. The van der Waals surface area contributed by atoms with Crippen LogP contribution < -0.4 is 0 Å². The van der Waals surface area contributed by atoms with Gasteiger partial charge < -0.3 is 0 Å². The highest BCUT2D eigenvalue weighted by atomic mass is 19.4. The predicted octanol–water partition coefficient (Wildman–Crippen LogP) is 4.40. The van der Waals surface area contributed by atoms with Crippen LogP contribution in [0.5, 0.6) is 0 Å². The van der Waals surface area contributed by atoms with Gasteiger partial charge in [-0.2, -0.15) is 26.3 Å². The number of terminal acetylenes is 1. The zero-order chi connectivity index (χ0) is 13.7. The van der Waals surface area contributed by atoms with Gasteiger partial charge in [-0.15, -0.1) is 6.42 Å². The van der Waals surface area contributed by atoms with E-state index >= 15 is 0 Å². The molecule has 0 saturated heterocycles. The molecule has 0 rings (SSSR count). The van der Waals surface area contributed by atoms with Crippen molar-refractivity contribution in [1.82, 2.24) is 0 Å². The summed E-state index contributed by atoms with van der Waals surface area (Å²) in [5, 5.41) is 0. The van der Waals surface area contributed by atoms with Gasteiger partial charge in [0, 0.05) is 5.57 Å². The van der Waals surface area contributed by atoms with E-state index in [2.05, 4.69) is 0 Å². The molecule has 0 aliphatic carbocycles. The standard InChI is InChI=1S/C11H10F6/c1-3-8(4-2)7-9(11(15,16)17)5-6-10(12,13)14/h1,5,7H,4,6H2,2H3/b8-7+,9-5+. The molecule has 0 atom stereocenters. The molecule has 0 aromatic carbocycles. The lowest BCUT2D eigenvalue weighted by Crippen LogP contribution is -2.13. The second kappa shape index (κ2) is 5.80. The fourth-order valence-electron chi connectivity index (χ4n) is 0.916. The molecule has 0 radical (unpaired) electrons. The SMILES string of the molecule is C#C/C(=C\C(=C/CC(F)(F)F)C(F)(F)F)CC. The Kier molecular flexibility index (Phi) is 5.33. The van der Waals surface area contributed by atoms with Crippen molar-refractivity contribution >= 4 is 0 Å². The van der Waals surface area contributed by atoms with Gasteiger partial charge in [-0.1, -0.05) is 18.9 Å². The van der Waals surface area contributed by atoms with Gasteiger partial charge in [-0.25, -0.2) is 0 Å². The van der Waals surface area contributed by atoms with E-state index in [4.69, 9.17) is 6.42 Å². The summed E-state index contributed by atoms with van der Waals surface area (Å²) in [5.41, 5.74) is -1.37. The monoisotopic (exact) mass is 256 g/mol. The third-order valence-electron chi connectivity index (χ3n) is 1.78. The van der Waals surface area contributed by atoms with Crippen molar-refractivity contribution in [2.45, 2.75) is 32.1 Å². The lowest BCUT2D eigenvalue weighted by molar-refractivity contribution is -0.126. The summed E-state index contributed by atoms with van der Waals surface area (Å²) >= 11 is 0. The van der Waals surface area contributed by atoms with Gasteiger partial charge in [0.05, 0.1) is 12.0 Å². The van der Waals surface area contributed by atoms with E-state index in [1.807, 2.05) is 5.92 Å². The molecule has 0 aliphatic heterocycles. The Labute approximate surface area is 95.0 Å². The van der Waals surface area contributed by atoms with Crippen LogP contribution >= 0.6 is 0 Å². The Morgan fingerprint density at radius 1 is 1.18 bits per heavy atom. The summed E-state index contributed by atoms with van der Waals surface area (Å²) in [5.74, 6) is 1.99. The smallest absolute Gasteiger partial charge is 0.171 e. The maximum absolute atomic E-state index is 12.4. The van der Waals surface area contributed by atoms with Crippen LogP contribution in [0.1, 0.15) is 19.8 Å². The van der Waals surface area contributed by atoms with Gasteiger partial charge in [0.25, 0.3) is 0 Å². The van der Waals surface area contributed by atoms with Crippen LogP contribution in [-0.4, -0.2) is 12.4 Å². The number of hydrogen-bond donors (Lipinski definition) is 0. The van der Waals surface area contributed by atoms with Gasteiger partial charge in [0.15, 0.2) is 0 Å². The molecule has 0 N–H and O–H groups in total. The van der Waals surface area contributed by atoms with Gasteiger partial charge in [0.2, 0.25) is 0 Å². The van der Waals surface area contributed by atoms with Crippen molar-refractivity contribution in [3.63, 3.8) is 0 Å². The van der Waals surface area contributed by atoms with Gasteiger partial charge in [-0.05, 0) is 12.5 Å². The van der Waals surface area contributed by atoms with Crippen LogP contribution in [0, 0.1) is 12.3 Å². The first kappa shape index (κ1) is 15.6. The number of hydrogen-bond acceptors (Lipinski definition) is 0. The zero-order valence-corrected chi connectivity index (χ0v) is 8.91. The average Bonchev–Trinajstić information content (AvgIpc) is 2.14. The summed E-state index contributed by atoms with van der Waals surface area (Å²) < 4.78 is 72.6. The van der Waals surface area contributed by atoms with Crippen LogP contribution in [-0.2, 0) is 0 Å². The first-order chi connectivity index (χ1) is 7.60. The van der Waals surface area contributed by atoms with E-state index < -0.39 is 24.3 Å². The van der Waals surface area contributed by atoms with E-state index in [9.17, 15) is 26.3 Å². The lowest BCUT2D eigenvalue weighted by Gasteiger charge is -2.10. The van der Waals surface area contributed by atoms with Gasteiger partial charge >= 0.3 is 12.4 Å². The zero-order valence-electron chi connectivity index (χ0n) is 8.91. The molecule has 0 saturated carbocycles. The summed E-state index contributed by atoms with van der Waals surface area (Å²) in [6.07, 6.45) is -5.44. The predicted molar refractivity (Wildman–Crippen MR) is 52.0 cm³/mol. The Morgan fingerprint density at radius 3 is 2.00 bits per heavy atom. The molecule has 0 spiro atoms. The minimum absolute atomic E-state index is 0.00394. The second-order valence-electron chi connectivity index (χ2n) is 3.14. The molecule has 0 aromatic rings. The average molecular weight is 256 g/mol. The van der Waals surface area contributed by atoms with Gasteiger partial charge in [-0.3, -0.25) is 0 Å². The third kappa shape index (κ3) is 6.72. The first-order valence-corrected chi connectivity index (χ1v) is 4.61. The molecule has 17 heavy (non-hydrogen) atoms. The minimum Gasteiger partial charge on any atom is -0.171 e. The summed E-state index contributed by atoms with van der Waals surface area (Å²) in [6.45, 7) is 1.52. The molecule has 0 aliphatic rings. The fourth-order valence-corrected chi connectivity index (χ4v) is 0.916. The second-order valence-corrected chi connectivity index (χ2v) is 3.14. The molecule has 0 aromatic heterocycles. The lowest BCUT2D eigenvalue weighted by atomic mass is 10.1. The molecule has 0 fully saturated rings. The largest absolute Gasteiger partial charge is 0.416 e. The quantitative estimate of drug-likeness (QED) is 0.399. The molecule has 0 nitrogen and oxygen atoms in total. The van der Waals surface area contributed by atoms with E-state index in [0.717, 1.165) is 0 Å². The van der Waals surface area contributed by atoms with Crippen molar-refractivity contribution in [2.24, 2.45) is 0 Å². The Balaban J connectivity index is 5.19. The van der Waals surface area contributed by atoms with Crippen molar-refractivity contribution in [2.75, 3.05) is 0 Å². The van der Waals surface area contributed by atoms with E-state index in [1.54, 1.807) is 0 Å². The summed E-state index contributed by atoms with van der Waals surface area (Å²) in [7, 11) is 0. The summed E-state index contributed by atoms with van der Waals surface area (Å²) in [6, 6.07) is 0. The van der Waals surface area contributed by atoms with Crippen molar-refractivity contribution in [1.29, 1.82) is 0 Å². The Morgan fingerprint density at radius 2 is 1.71 bits per heavy atom.